The van der Waals surface area contributed by atoms with E-state index in [1.165, 1.54) is 0 Å². The van der Waals surface area contributed by atoms with Gasteiger partial charge in [-0.2, -0.15) is 0 Å². The highest BCUT2D eigenvalue weighted by Gasteiger charge is 2.11. The molecule has 3 heteroatoms. The van der Waals surface area contributed by atoms with E-state index < -0.39 is 0 Å². The van der Waals surface area contributed by atoms with Gasteiger partial charge >= 0.3 is 0 Å². The van der Waals surface area contributed by atoms with Crippen LogP contribution in [0.15, 0.2) is 18.2 Å². The zero-order valence-electron chi connectivity index (χ0n) is 11.1. The summed E-state index contributed by atoms with van der Waals surface area (Å²) in [7, 11) is 0. The van der Waals surface area contributed by atoms with Crippen molar-refractivity contribution >= 4 is 11.6 Å². The summed E-state index contributed by atoms with van der Waals surface area (Å²) < 4.78 is 5.67. The van der Waals surface area contributed by atoms with E-state index in [-0.39, 0.29) is 11.5 Å². The molecule has 17 heavy (non-hydrogen) atoms. The molecule has 0 saturated carbocycles. The highest BCUT2D eigenvalue weighted by molar-refractivity contribution is 6.32. The summed E-state index contributed by atoms with van der Waals surface area (Å²) in [4.78, 5) is 0. The molecule has 0 fully saturated rings. The van der Waals surface area contributed by atoms with E-state index in [0.717, 1.165) is 17.7 Å². The third kappa shape index (κ3) is 4.97. The van der Waals surface area contributed by atoms with Crippen molar-refractivity contribution < 1.29 is 4.74 Å². The van der Waals surface area contributed by atoms with Gasteiger partial charge in [0.15, 0.2) is 0 Å². The van der Waals surface area contributed by atoms with Crippen molar-refractivity contribution in [3.8, 4) is 5.75 Å². The molecule has 0 amide bonds. The minimum absolute atomic E-state index is 0.00359. The van der Waals surface area contributed by atoms with E-state index in [4.69, 9.17) is 22.1 Å². The second-order valence-electron chi connectivity index (χ2n) is 5.64. The molecule has 1 atom stereocenters. The van der Waals surface area contributed by atoms with Crippen LogP contribution in [0.5, 0.6) is 5.75 Å². The third-order valence-electron chi connectivity index (χ3n) is 2.59. The first-order valence-electron chi connectivity index (χ1n) is 5.97. The lowest BCUT2D eigenvalue weighted by molar-refractivity contribution is 0.243. The van der Waals surface area contributed by atoms with E-state index in [9.17, 15) is 0 Å². The van der Waals surface area contributed by atoms with Crippen LogP contribution in [0.3, 0.4) is 0 Å². The van der Waals surface area contributed by atoms with Crippen LogP contribution in [0.1, 0.15) is 45.7 Å². The van der Waals surface area contributed by atoms with Gasteiger partial charge in [0, 0.05) is 6.04 Å². The lowest BCUT2D eigenvalue weighted by Crippen LogP contribution is -2.11. The van der Waals surface area contributed by atoms with E-state index in [1.807, 2.05) is 25.1 Å². The largest absolute Gasteiger partial charge is 0.492 e. The molecule has 1 aromatic rings. The quantitative estimate of drug-likeness (QED) is 0.876. The van der Waals surface area contributed by atoms with Crippen molar-refractivity contribution in [2.45, 2.75) is 40.2 Å². The standard InChI is InChI=1S/C14H22ClNO/c1-10(16)11-5-6-13(12(15)9-11)17-8-7-14(2,3)4/h5-6,9-10H,7-8,16H2,1-4H3/t10-/m0/s1. The predicted octanol–water partition coefficient (Wildman–Crippen LogP) is 4.17. The Bertz CT molecular complexity index is 369. The molecule has 0 aliphatic rings. The summed E-state index contributed by atoms with van der Waals surface area (Å²) in [5.74, 6) is 0.736. The van der Waals surface area contributed by atoms with Gasteiger partial charge in [0.1, 0.15) is 5.75 Å². The fraction of sp³-hybridized carbons (Fsp3) is 0.571. The van der Waals surface area contributed by atoms with E-state index in [1.54, 1.807) is 0 Å². The van der Waals surface area contributed by atoms with Crippen LogP contribution in [0, 0.1) is 5.41 Å². The van der Waals surface area contributed by atoms with E-state index >= 15 is 0 Å². The van der Waals surface area contributed by atoms with Gasteiger partial charge in [0.05, 0.1) is 11.6 Å². The summed E-state index contributed by atoms with van der Waals surface area (Å²) in [6, 6.07) is 5.72. The highest BCUT2D eigenvalue weighted by atomic mass is 35.5. The molecular weight excluding hydrogens is 234 g/mol. The van der Waals surface area contributed by atoms with Gasteiger partial charge in [-0.05, 0) is 36.5 Å². The Balaban J connectivity index is 2.61. The number of rotatable bonds is 4. The molecule has 0 saturated heterocycles. The van der Waals surface area contributed by atoms with Crippen molar-refractivity contribution in [2.75, 3.05) is 6.61 Å². The molecule has 2 N–H and O–H groups in total. The maximum atomic E-state index is 6.14. The van der Waals surface area contributed by atoms with Gasteiger partial charge in [-0.1, -0.05) is 38.4 Å². The molecule has 1 rings (SSSR count). The van der Waals surface area contributed by atoms with Crippen molar-refractivity contribution in [3.63, 3.8) is 0 Å². The molecule has 0 spiro atoms. The molecule has 0 aromatic heterocycles. The minimum Gasteiger partial charge on any atom is -0.492 e. The highest BCUT2D eigenvalue weighted by Crippen LogP contribution is 2.28. The van der Waals surface area contributed by atoms with Gasteiger partial charge in [-0.15, -0.1) is 0 Å². The van der Waals surface area contributed by atoms with Crippen LogP contribution in [0.4, 0.5) is 0 Å². The summed E-state index contributed by atoms with van der Waals surface area (Å²) in [6.45, 7) is 9.19. The maximum absolute atomic E-state index is 6.14. The second-order valence-corrected chi connectivity index (χ2v) is 6.04. The Morgan fingerprint density at radius 1 is 1.35 bits per heavy atom. The Labute approximate surface area is 109 Å². The van der Waals surface area contributed by atoms with Gasteiger partial charge in [0.25, 0.3) is 0 Å². The Hall–Kier alpha value is -0.730. The van der Waals surface area contributed by atoms with Crippen LogP contribution < -0.4 is 10.5 Å². The Kier molecular flexibility index (Phi) is 4.84. The number of nitrogens with two attached hydrogens (primary N) is 1. The van der Waals surface area contributed by atoms with Crippen molar-refractivity contribution in [1.82, 2.24) is 0 Å². The molecule has 0 aliphatic heterocycles. The van der Waals surface area contributed by atoms with Crippen LogP contribution >= 0.6 is 11.6 Å². The molecule has 0 radical (unpaired) electrons. The average Bonchev–Trinajstić information content (AvgIpc) is 2.18. The minimum atomic E-state index is -0.00359. The van der Waals surface area contributed by atoms with Crippen LogP contribution in [0.25, 0.3) is 0 Å². The predicted molar refractivity (Wildman–Crippen MR) is 73.6 cm³/mol. The normalized spacial score (nSPS) is 13.5. The smallest absolute Gasteiger partial charge is 0.137 e. The molecular formula is C14H22ClNO. The number of ether oxygens (including phenoxy) is 1. The Morgan fingerprint density at radius 2 is 2.00 bits per heavy atom. The third-order valence-corrected chi connectivity index (χ3v) is 2.89. The SMILES string of the molecule is C[C@H](N)c1ccc(OCCC(C)(C)C)c(Cl)c1. The molecule has 0 heterocycles. The van der Waals surface area contributed by atoms with Crippen molar-refractivity contribution in [3.05, 3.63) is 28.8 Å². The monoisotopic (exact) mass is 255 g/mol. The molecule has 0 aliphatic carbocycles. The van der Waals surface area contributed by atoms with Crippen LogP contribution in [0.2, 0.25) is 5.02 Å². The number of halogens is 1. The zero-order valence-corrected chi connectivity index (χ0v) is 11.8. The van der Waals surface area contributed by atoms with Gasteiger partial charge in [0.2, 0.25) is 0 Å². The molecule has 96 valence electrons. The van der Waals surface area contributed by atoms with Gasteiger partial charge in [-0.3, -0.25) is 0 Å². The van der Waals surface area contributed by atoms with E-state index in [2.05, 4.69) is 20.8 Å². The lowest BCUT2D eigenvalue weighted by atomic mass is 9.93. The first kappa shape index (κ1) is 14.3. The fourth-order valence-corrected chi connectivity index (χ4v) is 1.63. The van der Waals surface area contributed by atoms with Crippen LogP contribution in [-0.4, -0.2) is 6.61 Å². The fourth-order valence-electron chi connectivity index (χ4n) is 1.38. The van der Waals surface area contributed by atoms with Gasteiger partial charge in [-0.25, -0.2) is 0 Å². The molecule has 1 aromatic carbocycles. The first-order valence-corrected chi connectivity index (χ1v) is 6.35. The van der Waals surface area contributed by atoms with E-state index in [0.29, 0.717) is 11.6 Å². The Morgan fingerprint density at radius 3 is 2.47 bits per heavy atom. The van der Waals surface area contributed by atoms with Gasteiger partial charge < -0.3 is 10.5 Å². The van der Waals surface area contributed by atoms with Crippen molar-refractivity contribution in [2.24, 2.45) is 11.1 Å². The van der Waals surface area contributed by atoms with Crippen LogP contribution in [-0.2, 0) is 0 Å². The lowest BCUT2D eigenvalue weighted by Gasteiger charge is -2.18. The molecule has 0 bridgehead atoms. The average molecular weight is 256 g/mol. The topological polar surface area (TPSA) is 35.2 Å². The van der Waals surface area contributed by atoms with Crippen molar-refractivity contribution in [1.29, 1.82) is 0 Å². The number of hydrogen-bond acceptors (Lipinski definition) is 2. The summed E-state index contributed by atoms with van der Waals surface area (Å²) in [5.41, 5.74) is 7.09. The summed E-state index contributed by atoms with van der Waals surface area (Å²) >= 11 is 6.14. The second kappa shape index (κ2) is 5.74. The molecule has 0 unspecified atom stereocenters. The first-order chi connectivity index (χ1) is 7.79. The zero-order chi connectivity index (χ0) is 13.1. The maximum Gasteiger partial charge on any atom is 0.137 e. The molecule has 2 nitrogen and oxygen atoms in total. The summed E-state index contributed by atoms with van der Waals surface area (Å²) in [5, 5.41) is 0.633. The number of benzene rings is 1. The summed E-state index contributed by atoms with van der Waals surface area (Å²) in [6.07, 6.45) is 0.998. The number of hydrogen-bond donors (Lipinski definition) is 1.